The number of nitrogens with one attached hydrogen (secondary N) is 2. The second-order valence-corrected chi connectivity index (χ2v) is 6.69. The van der Waals surface area contributed by atoms with E-state index in [1.807, 2.05) is 6.92 Å². The van der Waals surface area contributed by atoms with Gasteiger partial charge in [-0.1, -0.05) is 22.9 Å². The molecule has 8 nitrogen and oxygen atoms in total. The maximum atomic E-state index is 12.0. The van der Waals surface area contributed by atoms with Crippen LogP contribution in [0.4, 0.5) is 10.9 Å². The molecule has 3 rings (SSSR count). The molecule has 0 bridgehead atoms. The second kappa shape index (κ2) is 8.17. The number of rotatable bonds is 6. The monoisotopic (exact) mass is 389 g/mol. The van der Waals surface area contributed by atoms with Gasteiger partial charge in [-0.05, 0) is 13.0 Å². The van der Waals surface area contributed by atoms with Crippen LogP contribution in [0.1, 0.15) is 15.9 Å². The van der Waals surface area contributed by atoms with E-state index in [1.54, 1.807) is 18.5 Å². The van der Waals surface area contributed by atoms with Crippen molar-refractivity contribution in [3.8, 4) is 10.4 Å². The first kappa shape index (κ1) is 18.2. The SMILES string of the molecule is Cc1c(Cl)ncnc1Nc1ncc(-c2cncc(C(=O)NCCN)c2)s1. The highest BCUT2D eigenvalue weighted by atomic mass is 35.5. The summed E-state index contributed by atoms with van der Waals surface area (Å²) in [5, 5.41) is 6.89. The number of carbonyl (C=O) groups excluding carboxylic acids is 1. The van der Waals surface area contributed by atoms with E-state index in [1.165, 1.54) is 23.9 Å². The predicted molar refractivity (Wildman–Crippen MR) is 102 cm³/mol. The molecular formula is C16H16ClN7OS. The van der Waals surface area contributed by atoms with Gasteiger partial charge in [-0.2, -0.15) is 0 Å². The van der Waals surface area contributed by atoms with Crippen LogP contribution in [0.3, 0.4) is 0 Å². The van der Waals surface area contributed by atoms with Crippen LogP contribution in [0.25, 0.3) is 10.4 Å². The van der Waals surface area contributed by atoms with Crippen molar-refractivity contribution in [3.63, 3.8) is 0 Å². The molecule has 0 aliphatic rings. The van der Waals surface area contributed by atoms with E-state index in [-0.39, 0.29) is 5.91 Å². The normalized spacial score (nSPS) is 10.6. The van der Waals surface area contributed by atoms with E-state index in [0.717, 1.165) is 16.0 Å². The van der Waals surface area contributed by atoms with Gasteiger partial charge in [0.25, 0.3) is 5.91 Å². The fourth-order valence-corrected chi connectivity index (χ4v) is 3.04. The van der Waals surface area contributed by atoms with Crippen molar-refractivity contribution in [2.24, 2.45) is 5.73 Å². The lowest BCUT2D eigenvalue weighted by molar-refractivity contribution is 0.0954. The number of anilines is 2. The molecule has 0 radical (unpaired) electrons. The highest BCUT2D eigenvalue weighted by Gasteiger charge is 2.11. The molecular weight excluding hydrogens is 374 g/mol. The lowest BCUT2D eigenvalue weighted by atomic mass is 10.2. The number of amides is 1. The van der Waals surface area contributed by atoms with Gasteiger partial charge in [0.05, 0.1) is 10.4 Å². The minimum absolute atomic E-state index is 0.209. The summed E-state index contributed by atoms with van der Waals surface area (Å²) in [6.45, 7) is 2.63. The van der Waals surface area contributed by atoms with E-state index in [9.17, 15) is 4.79 Å². The Morgan fingerprint density at radius 1 is 1.27 bits per heavy atom. The van der Waals surface area contributed by atoms with Gasteiger partial charge >= 0.3 is 0 Å². The average molecular weight is 390 g/mol. The third-order valence-electron chi connectivity index (χ3n) is 3.47. The van der Waals surface area contributed by atoms with Gasteiger partial charge < -0.3 is 16.4 Å². The quantitative estimate of drug-likeness (QED) is 0.554. The standard InChI is InChI=1S/C16H16ClN7OS/c1-9-13(17)22-8-23-14(9)24-16-21-7-12(26-16)10-4-11(6-19-5-10)15(25)20-3-2-18/h4-8H,2-3,18H2,1H3,(H,20,25)(H,21,22,23,24). The summed E-state index contributed by atoms with van der Waals surface area (Å²) in [7, 11) is 0. The van der Waals surface area contributed by atoms with Crippen molar-refractivity contribution in [1.29, 1.82) is 0 Å². The Bertz CT molecular complexity index is 930. The molecule has 3 heterocycles. The molecule has 0 spiro atoms. The smallest absolute Gasteiger partial charge is 0.252 e. The van der Waals surface area contributed by atoms with Gasteiger partial charge in [-0.15, -0.1) is 0 Å². The third-order valence-corrected chi connectivity index (χ3v) is 4.81. The molecule has 0 aromatic carbocycles. The average Bonchev–Trinajstić information content (AvgIpc) is 3.12. The fraction of sp³-hybridized carbons (Fsp3) is 0.188. The van der Waals surface area contributed by atoms with Gasteiger partial charge in [-0.3, -0.25) is 9.78 Å². The number of hydrogen-bond acceptors (Lipinski definition) is 8. The Balaban J connectivity index is 1.79. The van der Waals surface area contributed by atoms with Crippen molar-refractivity contribution in [2.75, 3.05) is 18.4 Å². The number of nitrogens with zero attached hydrogens (tertiary/aromatic N) is 4. The number of halogens is 1. The molecule has 0 unspecified atom stereocenters. The Morgan fingerprint density at radius 2 is 2.12 bits per heavy atom. The molecule has 0 aliphatic heterocycles. The lowest BCUT2D eigenvalue weighted by Crippen LogP contribution is -2.29. The maximum absolute atomic E-state index is 12.0. The predicted octanol–water partition coefficient (Wildman–Crippen LogP) is 2.39. The molecule has 0 aliphatic carbocycles. The van der Waals surface area contributed by atoms with Crippen molar-refractivity contribution in [3.05, 3.63) is 47.3 Å². The Labute approximate surface area is 158 Å². The molecule has 134 valence electrons. The molecule has 0 saturated heterocycles. The van der Waals surface area contributed by atoms with Crippen molar-refractivity contribution >= 4 is 39.8 Å². The van der Waals surface area contributed by atoms with Crippen LogP contribution in [0.2, 0.25) is 5.15 Å². The minimum Gasteiger partial charge on any atom is -0.351 e. The summed E-state index contributed by atoms with van der Waals surface area (Å²) in [6, 6.07) is 1.77. The lowest BCUT2D eigenvalue weighted by Gasteiger charge is -2.05. The van der Waals surface area contributed by atoms with E-state index in [4.69, 9.17) is 17.3 Å². The fourth-order valence-electron chi connectivity index (χ4n) is 2.11. The number of nitrogens with two attached hydrogens (primary N) is 1. The van der Waals surface area contributed by atoms with E-state index < -0.39 is 0 Å². The first-order valence-electron chi connectivity index (χ1n) is 7.72. The van der Waals surface area contributed by atoms with Gasteiger partial charge in [-0.25, -0.2) is 15.0 Å². The zero-order valence-electron chi connectivity index (χ0n) is 13.9. The number of hydrogen-bond donors (Lipinski definition) is 3. The van der Waals surface area contributed by atoms with Crippen molar-refractivity contribution < 1.29 is 4.79 Å². The molecule has 3 aromatic heterocycles. The van der Waals surface area contributed by atoms with Crippen molar-refractivity contribution in [2.45, 2.75) is 6.92 Å². The van der Waals surface area contributed by atoms with E-state index in [2.05, 4.69) is 30.6 Å². The summed E-state index contributed by atoms with van der Waals surface area (Å²) in [5.41, 5.74) is 7.41. The van der Waals surface area contributed by atoms with Crippen molar-refractivity contribution in [1.82, 2.24) is 25.3 Å². The molecule has 10 heteroatoms. The molecule has 1 amide bonds. The topological polar surface area (TPSA) is 119 Å². The van der Waals surface area contributed by atoms with Gasteiger partial charge in [0.15, 0.2) is 5.13 Å². The highest BCUT2D eigenvalue weighted by Crippen LogP contribution is 2.31. The molecule has 4 N–H and O–H groups in total. The Kier molecular flexibility index (Phi) is 5.71. The van der Waals surface area contributed by atoms with Gasteiger partial charge in [0.2, 0.25) is 0 Å². The third kappa shape index (κ3) is 4.13. The first-order chi connectivity index (χ1) is 12.6. The zero-order chi connectivity index (χ0) is 18.5. The highest BCUT2D eigenvalue weighted by molar-refractivity contribution is 7.18. The largest absolute Gasteiger partial charge is 0.351 e. The van der Waals surface area contributed by atoms with Crippen LogP contribution >= 0.6 is 22.9 Å². The summed E-state index contributed by atoms with van der Waals surface area (Å²) >= 11 is 7.42. The second-order valence-electron chi connectivity index (χ2n) is 5.30. The number of aromatic nitrogens is 4. The Hall–Kier alpha value is -2.62. The number of pyridine rings is 1. The maximum Gasteiger partial charge on any atom is 0.252 e. The van der Waals surface area contributed by atoms with Crippen LogP contribution in [0.5, 0.6) is 0 Å². The van der Waals surface area contributed by atoms with Crippen LogP contribution in [0, 0.1) is 6.92 Å². The number of thiazole rings is 1. The summed E-state index contributed by atoms with van der Waals surface area (Å²) in [6.07, 6.45) is 6.30. The van der Waals surface area contributed by atoms with Gasteiger partial charge in [0.1, 0.15) is 17.3 Å². The zero-order valence-corrected chi connectivity index (χ0v) is 15.4. The van der Waals surface area contributed by atoms with Crippen LogP contribution in [-0.2, 0) is 0 Å². The van der Waals surface area contributed by atoms with Crippen LogP contribution in [-0.4, -0.2) is 38.9 Å². The molecule has 0 saturated carbocycles. The minimum atomic E-state index is -0.209. The molecule has 26 heavy (non-hydrogen) atoms. The molecule has 0 atom stereocenters. The Morgan fingerprint density at radius 3 is 2.92 bits per heavy atom. The number of carbonyl (C=O) groups is 1. The summed E-state index contributed by atoms with van der Waals surface area (Å²) in [4.78, 5) is 29.5. The molecule has 3 aromatic rings. The van der Waals surface area contributed by atoms with Gasteiger partial charge in [0, 0.05) is 42.8 Å². The van der Waals surface area contributed by atoms with Crippen LogP contribution < -0.4 is 16.4 Å². The van der Waals surface area contributed by atoms with E-state index >= 15 is 0 Å². The first-order valence-corrected chi connectivity index (χ1v) is 8.91. The summed E-state index contributed by atoms with van der Waals surface area (Å²) < 4.78 is 0. The molecule has 0 fully saturated rings. The summed E-state index contributed by atoms with van der Waals surface area (Å²) in [5.74, 6) is 0.387. The van der Waals surface area contributed by atoms with Crippen LogP contribution in [0.15, 0.2) is 31.0 Å². The van der Waals surface area contributed by atoms with E-state index in [0.29, 0.717) is 34.8 Å².